The van der Waals surface area contributed by atoms with Crippen LogP contribution in [0.3, 0.4) is 0 Å². The van der Waals surface area contributed by atoms with Gasteiger partial charge in [-0.05, 0) is 43.0 Å². The molecule has 1 amide bonds. The Morgan fingerprint density at radius 2 is 2.05 bits per heavy atom. The Bertz CT molecular complexity index is 632. The lowest BCUT2D eigenvalue weighted by Gasteiger charge is -2.16. The maximum absolute atomic E-state index is 13.0. The van der Waals surface area contributed by atoms with Gasteiger partial charge in [0.25, 0.3) is 0 Å². The molecule has 0 spiro atoms. The van der Waals surface area contributed by atoms with Crippen LogP contribution < -0.4 is 5.32 Å². The van der Waals surface area contributed by atoms with Gasteiger partial charge in [0, 0.05) is 12.1 Å². The molecule has 1 fully saturated rings. The van der Waals surface area contributed by atoms with Gasteiger partial charge in [-0.2, -0.15) is 0 Å². The van der Waals surface area contributed by atoms with Crippen LogP contribution in [0.15, 0.2) is 47.3 Å². The number of furan rings is 1. The Kier molecular flexibility index (Phi) is 3.98. The van der Waals surface area contributed by atoms with Crippen LogP contribution in [0.25, 0.3) is 0 Å². The predicted octanol–water partition coefficient (Wildman–Crippen LogP) is 2.69. The van der Waals surface area contributed by atoms with Gasteiger partial charge in [0.1, 0.15) is 5.82 Å². The molecule has 2 aromatic rings. The van der Waals surface area contributed by atoms with Crippen LogP contribution in [-0.2, 0) is 10.2 Å². The number of carbonyl (C=O) groups excluding carboxylic acids is 1. The highest BCUT2D eigenvalue weighted by Crippen LogP contribution is 2.48. The zero-order valence-corrected chi connectivity index (χ0v) is 12.1. The molecule has 0 aliphatic heterocycles. The highest BCUT2D eigenvalue weighted by molar-refractivity contribution is 5.91. The number of carbonyl (C=O) groups is 1. The van der Waals surface area contributed by atoms with Gasteiger partial charge in [-0.1, -0.05) is 12.1 Å². The van der Waals surface area contributed by atoms with Crippen LogP contribution in [0.5, 0.6) is 0 Å². The average Bonchev–Trinajstić information content (AvgIpc) is 3.14. The zero-order valence-electron chi connectivity index (χ0n) is 12.1. The van der Waals surface area contributed by atoms with Crippen LogP contribution in [-0.4, -0.2) is 17.6 Å². The van der Waals surface area contributed by atoms with Gasteiger partial charge in [-0.25, -0.2) is 4.39 Å². The largest absolute Gasteiger partial charge is 0.472 e. The summed E-state index contributed by atoms with van der Waals surface area (Å²) in [7, 11) is 0. The molecule has 1 saturated carbocycles. The standard InChI is InChI=1S/C17H18FNO3/c18-14-3-1-13(2-4-14)17(7-8-17)16(21)19-9-5-15(20)12-6-10-22-11-12/h1-4,6,10-11,15,20H,5,7-9H2,(H,19,21). The molecule has 1 heterocycles. The first-order chi connectivity index (χ1) is 10.6. The Morgan fingerprint density at radius 1 is 1.32 bits per heavy atom. The maximum Gasteiger partial charge on any atom is 0.230 e. The fourth-order valence-electron chi connectivity index (χ4n) is 2.66. The summed E-state index contributed by atoms with van der Waals surface area (Å²) in [5, 5.41) is 12.8. The molecular formula is C17H18FNO3. The van der Waals surface area contributed by atoms with Crippen molar-refractivity contribution in [1.82, 2.24) is 5.32 Å². The third-order valence-corrected chi connectivity index (χ3v) is 4.21. The summed E-state index contributed by atoms with van der Waals surface area (Å²) < 4.78 is 17.9. The highest BCUT2D eigenvalue weighted by Gasteiger charge is 2.51. The molecule has 0 radical (unpaired) electrons. The van der Waals surface area contributed by atoms with Crippen LogP contribution in [0.4, 0.5) is 4.39 Å². The number of amides is 1. The molecule has 1 aromatic carbocycles. The van der Waals surface area contributed by atoms with E-state index in [1.54, 1.807) is 18.2 Å². The van der Waals surface area contributed by atoms with Crippen molar-refractivity contribution < 1.29 is 18.7 Å². The van der Waals surface area contributed by atoms with Crippen molar-refractivity contribution in [2.75, 3.05) is 6.54 Å². The van der Waals surface area contributed by atoms with Gasteiger partial charge in [0.05, 0.1) is 24.0 Å². The lowest BCUT2D eigenvalue weighted by molar-refractivity contribution is -0.123. The van der Waals surface area contributed by atoms with E-state index in [0.29, 0.717) is 18.5 Å². The molecule has 5 heteroatoms. The van der Waals surface area contributed by atoms with E-state index < -0.39 is 11.5 Å². The van der Waals surface area contributed by atoms with Crippen molar-refractivity contribution in [3.63, 3.8) is 0 Å². The van der Waals surface area contributed by atoms with Crippen molar-refractivity contribution in [2.24, 2.45) is 0 Å². The molecule has 1 atom stereocenters. The third-order valence-electron chi connectivity index (χ3n) is 4.21. The van der Waals surface area contributed by atoms with E-state index in [1.165, 1.54) is 24.7 Å². The first-order valence-corrected chi connectivity index (χ1v) is 7.36. The second-order valence-corrected chi connectivity index (χ2v) is 5.71. The molecule has 1 aliphatic carbocycles. The summed E-state index contributed by atoms with van der Waals surface area (Å²) in [6, 6.07) is 7.80. The Labute approximate surface area is 128 Å². The van der Waals surface area contributed by atoms with Gasteiger partial charge in [-0.15, -0.1) is 0 Å². The molecule has 4 nitrogen and oxygen atoms in total. The first-order valence-electron chi connectivity index (χ1n) is 7.36. The number of hydrogen-bond donors (Lipinski definition) is 2. The van der Waals surface area contributed by atoms with E-state index in [9.17, 15) is 14.3 Å². The molecule has 116 valence electrons. The van der Waals surface area contributed by atoms with Gasteiger partial charge in [-0.3, -0.25) is 4.79 Å². The summed E-state index contributed by atoms with van der Waals surface area (Å²) in [6.07, 6.45) is 4.31. The fraction of sp³-hybridized carbons (Fsp3) is 0.353. The number of nitrogens with one attached hydrogen (secondary N) is 1. The van der Waals surface area contributed by atoms with Crippen molar-refractivity contribution in [3.05, 3.63) is 59.8 Å². The molecule has 3 rings (SSSR count). The van der Waals surface area contributed by atoms with Crippen LogP contribution in [0, 0.1) is 5.82 Å². The van der Waals surface area contributed by atoms with E-state index in [-0.39, 0.29) is 11.7 Å². The fourth-order valence-corrected chi connectivity index (χ4v) is 2.66. The molecule has 2 N–H and O–H groups in total. The second kappa shape index (κ2) is 5.93. The normalized spacial score (nSPS) is 17.0. The second-order valence-electron chi connectivity index (χ2n) is 5.71. The molecule has 22 heavy (non-hydrogen) atoms. The summed E-state index contributed by atoms with van der Waals surface area (Å²) in [5.41, 5.74) is 1.03. The van der Waals surface area contributed by atoms with Gasteiger partial charge >= 0.3 is 0 Å². The minimum atomic E-state index is -0.653. The molecule has 0 saturated heterocycles. The lowest BCUT2D eigenvalue weighted by atomic mass is 9.95. The van der Waals surface area contributed by atoms with Crippen molar-refractivity contribution >= 4 is 5.91 Å². The molecular weight excluding hydrogens is 285 g/mol. The van der Waals surface area contributed by atoms with Gasteiger partial charge in [0.15, 0.2) is 0 Å². The molecule has 1 unspecified atom stereocenters. The number of rotatable bonds is 6. The van der Waals surface area contributed by atoms with Crippen LogP contribution in [0.1, 0.15) is 36.5 Å². The maximum atomic E-state index is 13.0. The summed E-state index contributed by atoms with van der Waals surface area (Å²) in [5.74, 6) is -0.360. The van der Waals surface area contributed by atoms with Crippen LogP contribution in [0.2, 0.25) is 0 Å². The average molecular weight is 303 g/mol. The molecule has 0 bridgehead atoms. The molecule has 1 aromatic heterocycles. The van der Waals surface area contributed by atoms with Crippen molar-refractivity contribution in [2.45, 2.75) is 30.8 Å². The Hall–Kier alpha value is -2.14. The first kappa shape index (κ1) is 14.8. The van der Waals surface area contributed by atoms with E-state index in [4.69, 9.17) is 4.42 Å². The summed E-state index contributed by atoms with van der Waals surface area (Å²) in [6.45, 7) is 0.383. The number of halogens is 1. The lowest BCUT2D eigenvalue weighted by Crippen LogP contribution is -2.35. The summed E-state index contributed by atoms with van der Waals surface area (Å²) in [4.78, 5) is 12.4. The zero-order chi connectivity index (χ0) is 15.6. The Balaban J connectivity index is 1.55. The van der Waals surface area contributed by atoms with Gasteiger partial charge < -0.3 is 14.8 Å². The third kappa shape index (κ3) is 2.90. The number of aliphatic hydroxyl groups excluding tert-OH is 1. The smallest absolute Gasteiger partial charge is 0.230 e. The number of benzene rings is 1. The van der Waals surface area contributed by atoms with E-state index in [1.807, 2.05) is 0 Å². The van der Waals surface area contributed by atoms with Crippen LogP contribution >= 0.6 is 0 Å². The SMILES string of the molecule is O=C(NCCC(O)c1ccoc1)C1(c2ccc(F)cc2)CC1. The quantitative estimate of drug-likeness (QED) is 0.862. The van der Waals surface area contributed by atoms with Crippen molar-refractivity contribution in [1.29, 1.82) is 0 Å². The molecule has 1 aliphatic rings. The van der Waals surface area contributed by atoms with E-state index in [0.717, 1.165) is 18.4 Å². The van der Waals surface area contributed by atoms with E-state index >= 15 is 0 Å². The topological polar surface area (TPSA) is 62.5 Å². The Morgan fingerprint density at radius 3 is 2.64 bits per heavy atom. The number of aliphatic hydroxyl groups is 1. The summed E-state index contributed by atoms with van der Waals surface area (Å²) >= 11 is 0. The van der Waals surface area contributed by atoms with E-state index in [2.05, 4.69) is 5.32 Å². The predicted molar refractivity (Wildman–Crippen MR) is 78.6 cm³/mol. The van der Waals surface area contributed by atoms with Crippen molar-refractivity contribution in [3.8, 4) is 0 Å². The minimum absolute atomic E-state index is 0.0569. The van der Waals surface area contributed by atoms with Gasteiger partial charge in [0.2, 0.25) is 5.91 Å². The number of hydrogen-bond acceptors (Lipinski definition) is 3. The minimum Gasteiger partial charge on any atom is -0.472 e. The monoisotopic (exact) mass is 303 g/mol. The highest BCUT2D eigenvalue weighted by atomic mass is 19.1.